The summed E-state index contributed by atoms with van der Waals surface area (Å²) < 4.78 is 1.77. The van der Waals surface area contributed by atoms with Crippen molar-refractivity contribution >= 4 is 0 Å². The number of likely N-dealkylation sites (tertiary alicyclic amines) is 2. The molecule has 0 saturated carbocycles. The van der Waals surface area contributed by atoms with Gasteiger partial charge in [0.2, 0.25) is 0 Å². The van der Waals surface area contributed by atoms with Gasteiger partial charge in [-0.15, -0.1) is 0 Å². The van der Waals surface area contributed by atoms with E-state index >= 15 is 0 Å². The van der Waals surface area contributed by atoms with E-state index in [2.05, 4.69) is 19.8 Å². The SMILES string of the molecule is O=c1cc(-c2cccnc2)ncn1CC1CCN(CCN2CCCC2)CC1. The van der Waals surface area contributed by atoms with Crippen LogP contribution in [0.2, 0.25) is 0 Å². The maximum absolute atomic E-state index is 12.5. The lowest BCUT2D eigenvalue weighted by Gasteiger charge is -2.33. The molecule has 0 atom stereocenters. The van der Waals surface area contributed by atoms with Gasteiger partial charge in [-0.3, -0.25) is 14.3 Å². The largest absolute Gasteiger partial charge is 0.302 e. The fourth-order valence-corrected chi connectivity index (χ4v) is 4.20. The molecule has 2 aromatic rings. The molecule has 4 rings (SSSR count). The third-order valence-electron chi connectivity index (χ3n) is 5.93. The van der Waals surface area contributed by atoms with Crippen molar-refractivity contribution in [1.29, 1.82) is 0 Å². The van der Waals surface area contributed by atoms with Crippen LogP contribution in [0.4, 0.5) is 0 Å². The number of aromatic nitrogens is 3. The minimum Gasteiger partial charge on any atom is -0.302 e. The van der Waals surface area contributed by atoms with Gasteiger partial charge in [0.1, 0.15) is 0 Å². The van der Waals surface area contributed by atoms with Crippen LogP contribution in [0.5, 0.6) is 0 Å². The topological polar surface area (TPSA) is 54.3 Å². The zero-order valence-electron chi connectivity index (χ0n) is 16.0. The van der Waals surface area contributed by atoms with Gasteiger partial charge in [0.05, 0.1) is 12.0 Å². The molecule has 2 saturated heterocycles. The highest BCUT2D eigenvalue weighted by Crippen LogP contribution is 2.19. The second-order valence-electron chi connectivity index (χ2n) is 7.84. The van der Waals surface area contributed by atoms with Gasteiger partial charge in [0.15, 0.2) is 0 Å². The van der Waals surface area contributed by atoms with Crippen LogP contribution in [-0.2, 0) is 6.54 Å². The highest BCUT2D eigenvalue weighted by Gasteiger charge is 2.21. The van der Waals surface area contributed by atoms with Gasteiger partial charge >= 0.3 is 0 Å². The average molecular weight is 367 g/mol. The molecule has 0 aromatic carbocycles. The Morgan fingerprint density at radius 3 is 2.44 bits per heavy atom. The molecule has 0 N–H and O–H groups in total. The second-order valence-corrected chi connectivity index (χ2v) is 7.84. The number of rotatable bonds is 6. The summed E-state index contributed by atoms with van der Waals surface area (Å²) in [5.74, 6) is 0.566. The summed E-state index contributed by atoms with van der Waals surface area (Å²) in [6.45, 7) is 8.03. The van der Waals surface area contributed by atoms with Crippen molar-refractivity contribution in [2.24, 2.45) is 5.92 Å². The standard InChI is InChI=1S/C21H29N5O/c27-21-14-20(19-4-3-7-22-15-19)23-17-26(21)16-18-5-10-25(11-6-18)13-12-24-8-1-2-9-24/h3-4,7,14-15,17-18H,1-2,5-6,8-13,16H2. The van der Waals surface area contributed by atoms with E-state index in [4.69, 9.17) is 0 Å². The summed E-state index contributed by atoms with van der Waals surface area (Å²) >= 11 is 0. The molecule has 0 amide bonds. The van der Waals surface area contributed by atoms with Gasteiger partial charge in [-0.05, 0) is 69.9 Å². The first-order chi connectivity index (χ1) is 13.3. The summed E-state index contributed by atoms with van der Waals surface area (Å²) in [7, 11) is 0. The van der Waals surface area contributed by atoms with E-state index < -0.39 is 0 Å². The molecule has 0 radical (unpaired) electrons. The Balaban J connectivity index is 1.28. The molecule has 0 unspecified atom stereocenters. The number of hydrogen-bond donors (Lipinski definition) is 0. The smallest absolute Gasteiger partial charge is 0.253 e. The van der Waals surface area contributed by atoms with E-state index in [9.17, 15) is 4.79 Å². The molecule has 6 nitrogen and oxygen atoms in total. The van der Waals surface area contributed by atoms with E-state index in [0.717, 1.165) is 38.0 Å². The van der Waals surface area contributed by atoms with E-state index in [-0.39, 0.29) is 5.56 Å². The number of piperidine rings is 1. The van der Waals surface area contributed by atoms with Gasteiger partial charge in [-0.1, -0.05) is 0 Å². The molecular formula is C21H29N5O. The van der Waals surface area contributed by atoms with Crippen LogP contribution in [0, 0.1) is 5.92 Å². The van der Waals surface area contributed by atoms with E-state index in [0.29, 0.717) is 11.6 Å². The first kappa shape index (κ1) is 18.3. The molecule has 144 valence electrons. The summed E-state index contributed by atoms with van der Waals surface area (Å²) in [6, 6.07) is 5.42. The molecule has 2 aliphatic heterocycles. The van der Waals surface area contributed by atoms with Crippen LogP contribution in [0.3, 0.4) is 0 Å². The molecule has 2 fully saturated rings. The van der Waals surface area contributed by atoms with Gasteiger partial charge < -0.3 is 9.80 Å². The molecule has 0 aliphatic carbocycles. The lowest BCUT2D eigenvalue weighted by atomic mass is 9.96. The van der Waals surface area contributed by atoms with Gasteiger partial charge in [-0.25, -0.2) is 4.98 Å². The zero-order valence-corrected chi connectivity index (χ0v) is 16.0. The Labute approximate surface area is 160 Å². The monoisotopic (exact) mass is 367 g/mol. The Bertz CT molecular complexity index is 777. The Morgan fingerprint density at radius 1 is 1.04 bits per heavy atom. The quantitative estimate of drug-likeness (QED) is 0.783. The first-order valence-corrected chi connectivity index (χ1v) is 10.2. The van der Waals surface area contributed by atoms with Crippen molar-refractivity contribution in [3.05, 3.63) is 47.3 Å². The molecular weight excluding hydrogens is 338 g/mol. The highest BCUT2D eigenvalue weighted by molar-refractivity contribution is 5.56. The highest BCUT2D eigenvalue weighted by atomic mass is 16.1. The maximum Gasteiger partial charge on any atom is 0.253 e. The van der Waals surface area contributed by atoms with Gasteiger partial charge in [0, 0.05) is 43.7 Å². The minimum absolute atomic E-state index is 0.0281. The van der Waals surface area contributed by atoms with Crippen molar-refractivity contribution in [1.82, 2.24) is 24.3 Å². The molecule has 6 heteroatoms. The predicted molar refractivity (Wildman–Crippen MR) is 107 cm³/mol. The van der Waals surface area contributed by atoms with Crippen molar-refractivity contribution in [3.8, 4) is 11.3 Å². The van der Waals surface area contributed by atoms with Crippen molar-refractivity contribution in [3.63, 3.8) is 0 Å². The van der Waals surface area contributed by atoms with E-state index in [1.165, 1.54) is 39.0 Å². The van der Waals surface area contributed by atoms with Crippen LogP contribution in [0.15, 0.2) is 41.7 Å². The van der Waals surface area contributed by atoms with Crippen LogP contribution in [0.1, 0.15) is 25.7 Å². The fraction of sp³-hybridized carbons (Fsp3) is 0.571. The fourth-order valence-electron chi connectivity index (χ4n) is 4.20. The summed E-state index contributed by atoms with van der Waals surface area (Å²) in [4.78, 5) is 26.2. The Morgan fingerprint density at radius 2 is 1.78 bits per heavy atom. The zero-order chi connectivity index (χ0) is 18.5. The predicted octanol–water partition coefficient (Wildman–Crippen LogP) is 2.11. The van der Waals surface area contributed by atoms with Crippen molar-refractivity contribution in [2.75, 3.05) is 39.3 Å². The lowest BCUT2D eigenvalue weighted by molar-refractivity contribution is 0.155. The third kappa shape index (κ3) is 4.82. The third-order valence-corrected chi connectivity index (χ3v) is 5.93. The molecule has 2 aliphatic rings. The number of pyridine rings is 1. The Kier molecular flexibility index (Phi) is 5.94. The van der Waals surface area contributed by atoms with Crippen molar-refractivity contribution < 1.29 is 0 Å². The second kappa shape index (κ2) is 8.76. The first-order valence-electron chi connectivity index (χ1n) is 10.2. The summed E-state index contributed by atoms with van der Waals surface area (Å²) in [6.07, 6.45) is 10.2. The molecule has 4 heterocycles. The normalized spacial score (nSPS) is 19.6. The Hall–Kier alpha value is -2.05. The van der Waals surface area contributed by atoms with Crippen LogP contribution >= 0.6 is 0 Å². The molecule has 27 heavy (non-hydrogen) atoms. The summed E-state index contributed by atoms with van der Waals surface area (Å²) in [5, 5.41) is 0. The van der Waals surface area contributed by atoms with Crippen LogP contribution in [0.25, 0.3) is 11.3 Å². The van der Waals surface area contributed by atoms with E-state index in [1.54, 1.807) is 29.4 Å². The molecule has 2 aromatic heterocycles. The van der Waals surface area contributed by atoms with E-state index in [1.807, 2.05) is 12.1 Å². The summed E-state index contributed by atoms with van der Waals surface area (Å²) in [5.41, 5.74) is 1.61. The van der Waals surface area contributed by atoms with Crippen LogP contribution < -0.4 is 5.56 Å². The lowest BCUT2D eigenvalue weighted by Crippen LogP contribution is -2.40. The van der Waals surface area contributed by atoms with Crippen molar-refractivity contribution in [2.45, 2.75) is 32.2 Å². The molecule has 0 spiro atoms. The maximum atomic E-state index is 12.5. The minimum atomic E-state index is 0.0281. The van der Waals surface area contributed by atoms with Gasteiger partial charge in [0.25, 0.3) is 5.56 Å². The van der Waals surface area contributed by atoms with Gasteiger partial charge in [-0.2, -0.15) is 0 Å². The van der Waals surface area contributed by atoms with Crippen LogP contribution in [-0.4, -0.2) is 63.6 Å². The molecule has 0 bridgehead atoms. The average Bonchev–Trinajstić information content (AvgIpc) is 3.23. The number of hydrogen-bond acceptors (Lipinski definition) is 5. The number of nitrogens with zero attached hydrogens (tertiary/aromatic N) is 5.